The molecule has 1 rings (SSSR count). The maximum absolute atomic E-state index is 12.1. The number of nitrogens with zero attached hydrogens (tertiary/aromatic N) is 1. The Morgan fingerprint density at radius 2 is 2.25 bits per heavy atom. The molecule has 0 spiro atoms. The SMILES string of the molecule is CCNC1COCC1C(=O)N(C)CC(F)F. The van der Waals surface area contributed by atoms with Gasteiger partial charge in [0.1, 0.15) is 0 Å². The quantitative estimate of drug-likeness (QED) is 0.748. The first-order chi connectivity index (χ1) is 7.56. The van der Waals surface area contributed by atoms with Crippen LogP contribution in [0.25, 0.3) is 0 Å². The topological polar surface area (TPSA) is 41.6 Å². The Balaban J connectivity index is 2.51. The third kappa shape index (κ3) is 3.38. The van der Waals surface area contributed by atoms with Crippen molar-refractivity contribution in [3.05, 3.63) is 0 Å². The molecule has 1 saturated heterocycles. The summed E-state index contributed by atoms with van der Waals surface area (Å²) in [5.41, 5.74) is 0. The minimum absolute atomic E-state index is 0.0578. The highest BCUT2D eigenvalue weighted by atomic mass is 19.3. The lowest BCUT2D eigenvalue weighted by molar-refractivity contribution is -0.136. The first kappa shape index (κ1) is 13.3. The summed E-state index contributed by atoms with van der Waals surface area (Å²) in [6.45, 7) is 2.92. The maximum atomic E-state index is 12.1. The van der Waals surface area contributed by atoms with Gasteiger partial charge in [0.05, 0.1) is 25.7 Å². The van der Waals surface area contributed by atoms with Gasteiger partial charge in [-0.15, -0.1) is 0 Å². The lowest BCUT2D eigenvalue weighted by Gasteiger charge is -2.23. The van der Waals surface area contributed by atoms with E-state index in [-0.39, 0.29) is 17.9 Å². The molecule has 0 aromatic rings. The van der Waals surface area contributed by atoms with Gasteiger partial charge in [0.15, 0.2) is 0 Å². The first-order valence-corrected chi connectivity index (χ1v) is 5.40. The van der Waals surface area contributed by atoms with Gasteiger partial charge >= 0.3 is 0 Å². The van der Waals surface area contributed by atoms with Gasteiger partial charge in [0.25, 0.3) is 6.43 Å². The third-order valence-electron chi connectivity index (χ3n) is 2.65. The second-order valence-corrected chi connectivity index (χ2v) is 3.92. The van der Waals surface area contributed by atoms with Crippen LogP contribution in [0, 0.1) is 5.92 Å². The molecule has 0 aromatic heterocycles. The molecule has 1 amide bonds. The zero-order chi connectivity index (χ0) is 12.1. The number of carbonyl (C=O) groups is 1. The fourth-order valence-electron chi connectivity index (χ4n) is 1.84. The number of nitrogens with one attached hydrogen (secondary N) is 1. The van der Waals surface area contributed by atoms with Crippen LogP contribution in [0.15, 0.2) is 0 Å². The van der Waals surface area contributed by atoms with Crippen molar-refractivity contribution in [3.8, 4) is 0 Å². The average Bonchev–Trinajstić information content (AvgIpc) is 2.64. The number of hydrogen-bond donors (Lipinski definition) is 1. The van der Waals surface area contributed by atoms with E-state index in [9.17, 15) is 13.6 Å². The van der Waals surface area contributed by atoms with Crippen LogP contribution in [0.1, 0.15) is 6.92 Å². The van der Waals surface area contributed by atoms with Crippen LogP contribution in [0.3, 0.4) is 0 Å². The lowest BCUT2D eigenvalue weighted by atomic mass is 10.0. The van der Waals surface area contributed by atoms with Gasteiger partial charge in [-0.1, -0.05) is 6.92 Å². The van der Waals surface area contributed by atoms with Crippen molar-refractivity contribution >= 4 is 5.91 Å². The monoisotopic (exact) mass is 236 g/mol. The Kier molecular flexibility index (Phi) is 5.08. The van der Waals surface area contributed by atoms with Crippen LogP contribution in [0.5, 0.6) is 0 Å². The van der Waals surface area contributed by atoms with E-state index < -0.39 is 13.0 Å². The van der Waals surface area contributed by atoms with Gasteiger partial charge in [-0.25, -0.2) is 8.78 Å². The Hall–Kier alpha value is -0.750. The van der Waals surface area contributed by atoms with E-state index in [1.54, 1.807) is 0 Å². The summed E-state index contributed by atoms with van der Waals surface area (Å²) in [5.74, 6) is -0.618. The molecule has 4 nitrogen and oxygen atoms in total. The van der Waals surface area contributed by atoms with Crippen LogP contribution in [-0.2, 0) is 9.53 Å². The molecule has 0 aliphatic carbocycles. The number of halogens is 2. The summed E-state index contributed by atoms with van der Waals surface area (Å²) in [4.78, 5) is 12.9. The zero-order valence-corrected chi connectivity index (χ0v) is 9.58. The van der Waals surface area contributed by atoms with Crippen molar-refractivity contribution in [2.75, 3.05) is 33.4 Å². The minimum Gasteiger partial charge on any atom is -0.379 e. The number of hydrogen-bond acceptors (Lipinski definition) is 3. The van der Waals surface area contributed by atoms with Crippen molar-refractivity contribution in [2.45, 2.75) is 19.4 Å². The largest absolute Gasteiger partial charge is 0.379 e. The van der Waals surface area contributed by atoms with Gasteiger partial charge in [0, 0.05) is 13.1 Å². The molecule has 2 atom stereocenters. The summed E-state index contributed by atoms with van der Waals surface area (Å²) in [6.07, 6.45) is -2.49. The molecule has 1 N–H and O–H groups in total. The second kappa shape index (κ2) is 6.10. The highest BCUT2D eigenvalue weighted by Gasteiger charge is 2.35. The summed E-state index contributed by atoms with van der Waals surface area (Å²) in [5, 5.41) is 3.12. The molecule has 0 saturated carbocycles. The Morgan fingerprint density at radius 1 is 1.56 bits per heavy atom. The predicted molar refractivity (Wildman–Crippen MR) is 55.4 cm³/mol. The molecule has 2 unspecified atom stereocenters. The van der Waals surface area contributed by atoms with Crippen LogP contribution in [0.4, 0.5) is 8.78 Å². The van der Waals surface area contributed by atoms with E-state index in [4.69, 9.17) is 4.74 Å². The number of carbonyl (C=O) groups excluding carboxylic acids is 1. The Labute approximate surface area is 93.9 Å². The summed E-state index contributed by atoms with van der Waals surface area (Å²) >= 11 is 0. The number of likely N-dealkylation sites (N-methyl/N-ethyl adjacent to an activating group) is 1. The molecule has 94 valence electrons. The van der Waals surface area contributed by atoms with Gasteiger partial charge in [-0.2, -0.15) is 0 Å². The highest BCUT2D eigenvalue weighted by molar-refractivity contribution is 5.79. The third-order valence-corrected chi connectivity index (χ3v) is 2.65. The van der Waals surface area contributed by atoms with E-state index in [0.717, 1.165) is 11.4 Å². The molecular weight excluding hydrogens is 218 g/mol. The zero-order valence-electron chi connectivity index (χ0n) is 9.58. The summed E-state index contributed by atoms with van der Waals surface area (Å²) in [7, 11) is 1.40. The van der Waals surface area contributed by atoms with Gasteiger partial charge < -0.3 is 15.0 Å². The van der Waals surface area contributed by atoms with E-state index >= 15 is 0 Å². The van der Waals surface area contributed by atoms with E-state index in [2.05, 4.69) is 5.32 Å². The van der Waals surface area contributed by atoms with Crippen molar-refractivity contribution < 1.29 is 18.3 Å². The summed E-state index contributed by atoms with van der Waals surface area (Å²) in [6, 6.07) is -0.0578. The minimum atomic E-state index is -2.49. The van der Waals surface area contributed by atoms with Crippen molar-refractivity contribution in [2.24, 2.45) is 5.92 Å². The predicted octanol–water partition coefficient (Wildman–Crippen LogP) is 0.334. The molecule has 1 aliphatic heterocycles. The first-order valence-electron chi connectivity index (χ1n) is 5.40. The summed E-state index contributed by atoms with van der Waals surface area (Å²) < 4.78 is 29.5. The van der Waals surface area contributed by atoms with Crippen molar-refractivity contribution in [3.63, 3.8) is 0 Å². The lowest BCUT2D eigenvalue weighted by Crippen LogP contribution is -2.45. The van der Waals surface area contributed by atoms with Crippen LogP contribution in [0.2, 0.25) is 0 Å². The van der Waals surface area contributed by atoms with Crippen molar-refractivity contribution in [1.82, 2.24) is 10.2 Å². The van der Waals surface area contributed by atoms with E-state index in [1.165, 1.54) is 7.05 Å². The molecule has 1 fully saturated rings. The standard InChI is InChI=1S/C10H18F2N2O2/c1-3-13-8-6-16-5-7(8)10(15)14(2)4-9(11)12/h7-9,13H,3-6H2,1-2H3. The molecule has 1 aliphatic rings. The smallest absolute Gasteiger partial charge is 0.255 e. The van der Waals surface area contributed by atoms with Gasteiger partial charge in [-0.05, 0) is 6.54 Å². The number of ether oxygens (including phenoxy) is 1. The molecular formula is C10H18F2N2O2. The van der Waals surface area contributed by atoms with E-state index in [1.807, 2.05) is 6.92 Å². The van der Waals surface area contributed by atoms with Crippen LogP contribution >= 0.6 is 0 Å². The van der Waals surface area contributed by atoms with Gasteiger partial charge in [-0.3, -0.25) is 4.79 Å². The van der Waals surface area contributed by atoms with E-state index in [0.29, 0.717) is 13.2 Å². The fourth-order valence-corrected chi connectivity index (χ4v) is 1.84. The number of amides is 1. The number of alkyl halides is 2. The normalized spacial score (nSPS) is 25.1. The molecule has 0 radical (unpaired) electrons. The van der Waals surface area contributed by atoms with Crippen molar-refractivity contribution in [1.29, 1.82) is 0 Å². The van der Waals surface area contributed by atoms with Gasteiger partial charge in [0.2, 0.25) is 5.91 Å². The van der Waals surface area contributed by atoms with Crippen LogP contribution < -0.4 is 5.32 Å². The highest BCUT2D eigenvalue weighted by Crippen LogP contribution is 2.16. The molecule has 16 heavy (non-hydrogen) atoms. The Morgan fingerprint density at radius 3 is 2.81 bits per heavy atom. The van der Waals surface area contributed by atoms with Crippen LogP contribution in [-0.4, -0.2) is 56.6 Å². The Bertz CT molecular complexity index is 239. The number of rotatable bonds is 5. The molecule has 1 heterocycles. The second-order valence-electron chi connectivity index (χ2n) is 3.92. The molecule has 0 aromatic carbocycles. The fraction of sp³-hybridized carbons (Fsp3) is 0.900. The molecule has 6 heteroatoms. The molecule has 0 bridgehead atoms. The average molecular weight is 236 g/mol. The maximum Gasteiger partial charge on any atom is 0.255 e.